The van der Waals surface area contributed by atoms with E-state index >= 15 is 0 Å². The molecule has 4 heteroatoms. The lowest BCUT2D eigenvalue weighted by atomic mass is 10.1. The van der Waals surface area contributed by atoms with E-state index in [1.54, 1.807) is 0 Å². The quantitative estimate of drug-likeness (QED) is 0.867. The van der Waals surface area contributed by atoms with Crippen LogP contribution in [-0.2, 0) is 4.79 Å². The summed E-state index contributed by atoms with van der Waals surface area (Å²) in [5.41, 5.74) is 7.26. The van der Waals surface area contributed by atoms with Gasteiger partial charge in [0.15, 0.2) is 0 Å². The van der Waals surface area contributed by atoms with E-state index < -0.39 is 0 Å². The van der Waals surface area contributed by atoms with Crippen molar-refractivity contribution in [3.05, 3.63) is 29.8 Å². The minimum absolute atomic E-state index is 0.134. The second-order valence-corrected chi connectivity index (χ2v) is 5.39. The van der Waals surface area contributed by atoms with E-state index in [0.717, 1.165) is 24.3 Å². The van der Waals surface area contributed by atoms with E-state index in [4.69, 9.17) is 10.5 Å². The zero-order valence-corrected chi connectivity index (χ0v) is 12.3. The molecular formula is C16H24N2O2. The zero-order valence-electron chi connectivity index (χ0n) is 12.3. The van der Waals surface area contributed by atoms with Gasteiger partial charge in [-0.2, -0.15) is 0 Å². The standard InChI is InChI=1S/C16H24N2O2/c1-3-12-9-16(19)18(10-12)11-15(17)13-5-7-14(8-6-13)20-4-2/h5-8,12,15H,3-4,9-11,17H2,1-2H3. The molecule has 20 heavy (non-hydrogen) atoms. The lowest BCUT2D eigenvalue weighted by Gasteiger charge is -2.21. The van der Waals surface area contributed by atoms with Crippen LogP contribution in [0.2, 0.25) is 0 Å². The predicted molar refractivity (Wildman–Crippen MR) is 79.5 cm³/mol. The second-order valence-electron chi connectivity index (χ2n) is 5.39. The van der Waals surface area contributed by atoms with Gasteiger partial charge in [0.25, 0.3) is 0 Å². The molecule has 1 fully saturated rings. The van der Waals surface area contributed by atoms with Crippen LogP contribution in [0.3, 0.4) is 0 Å². The number of hydrogen-bond acceptors (Lipinski definition) is 3. The van der Waals surface area contributed by atoms with Gasteiger partial charge in [-0.1, -0.05) is 25.5 Å². The van der Waals surface area contributed by atoms with Gasteiger partial charge in [-0.15, -0.1) is 0 Å². The van der Waals surface area contributed by atoms with E-state index in [0.29, 0.717) is 25.5 Å². The van der Waals surface area contributed by atoms with Crippen LogP contribution in [0.25, 0.3) is 0 Å². The van der Waals surface area contributed by atoms with Crippen LogP contribution in [0.5, 0.6) is 5.75 Å². The first-order valence-corrected chi connectivity index (χ1v) is 7.40. The molecule has 2 rings (SSSR count). The molecule has 0 aliphatic carbocycles. The molecule has 110 valence electrons. The third-order valence-corrected chi connectivity index (χ3v) is 3.91. The molecule has 1 heterocycles. The summed E-state index contributed by atoms with van der Waals surface area (Å²) in [4.78, 5) is 13.8. The van der Waals surface area contributed by atoms with Gasteiger partial charge in [0, 0.05) is 25.6 Å². The fraction of sp³-hybridized carbons (Fsp3) is 0.562. The highest BCUT2D eigenvalue weighted by atomic mass is 16.5. The van der Waals surface area contributed by atoms with E-state index in [9.17, 15) is 4.79 Å². The van der Waals surface area contributed by atoms with Gasteiger partial charge in [-0.3, -0.25) is 4.79 Å². The number of nitrogens with zero attached hydrogens (tertiary/aromatic N) is 1. The Kier molecular flexibility index (Phi) is 5.01. The molecule has 2 unspecified atom stereocenters. The number of rotatable bonds is 6. The Balaban J connectivity index is 1.94. The van der Waals surface area contributed by atoms with Crippen molar-refractivity contribution in [2.24, 2.45) is 11.7 Å². The number of benzene rings is 1. The molecule has 1 aromatic rings. The fourth-order valence-corrected chi connectivity index (χ4v) is 2.62. The molecular weight excluding hydrogens is 252 g/mol. The maximum Gasteiger partial charge on any atom is 0.222 e. The van der Waals surface area contributed by atoms with E-state index in [1.807, 2.05) is 36.1 Å². The van der Waals surface area contributed by atoms with Crippen molar-refractivity contribution >= 4 is 5.91 Å². The third kappa shape index (κ3) is 3.51. The highest BCUT2D eigenvalue weighted by Crippen LogP contribution is 2.23. The van der Waals surface area contributed by atoms with Crippen LogP contribution in [-0.4, -0.2) is 30.5 Å². The minimum atomic E-state index is -0.134. The molecule has 1 aromatic carbocycles. The summed E-state index contributed by atoms with van der Waals surface area (Å²) in [6, 6.07) is 7.69. The number of hydrogen-bond donors (Lipinski definition) is 1. The normalized spacial score (nSPS) is 20.2. The van der Waals surface area contributed by atoms with E-state index in [-0.39, 0.29) is 11.9 Å². The molecule has 0 aromatic heterocycles. The Hall–Kier alpha value is -1.55. The molecule has 2 N–H and O–H groups in total. The summed E-state index contributed by atoms with van der Waals surface area (Å²) in [5.74, 6) is 1.58. The number of amides is 1. The van der Waals surface area contributed by atoms with Crippen LogP contribution in [0, 0.1) is 5.92 Å². The Bertz CT molecular complexity index is 444. The first kappa shape index (κ1) is 14.9. The number of carbonyl (C=O) groups excluding carboxylic acids is 1. The van der Waals surface area contributed by atoms with Gasteiger partial charge in [0.05, 0.1) is 6.61 Å². The van der Waals surface area contributed by atoms with Gasteiger partial charge >= 0.3 is 0 Å². The van der Waals surface area contributed by atoms with Crippen molar-refractivity contribution in [2.75, 3.05) is 19.7 Å². The zero-order chi connectivity index (χ0) is 14.5. The van der Waals surface area contributed by atoms with Crippen molar-refractivity contribution in [3.8, 4) is 5.75 Å². The highest BCUT2D eigenvalue weighted by Gasteiger charge is 2.29. The molecule has 0 saturated carbocycles. The monoisotopic (exact) mass is 276 g/mol. The molecule has 2 atom stereocenters. The largest absolute Gasteiger partial charge is 0.494 e. The van der Waals surface area contributed by atoms with Gasteiger partial charge in [0.1, 0.15) is 5.75 Å². The molecule has 0 bridgehead atoms. The SMILES string of the molecule is CCOc1ccc(C(N)CN2CC(CC)CC2=O)cc1. The molecule has 1 aliphatic rings. The lowest BCUT2D eigenvalue weighted by Crippen LogP contribution is -2.33. The Morgan fingerprint density at radius 1 is 1.35 bits per heavy atom. The number of likely N-dealkylation sites (tertiary alicyclic amines) is 1. The molecule has 1 aliphatic heterocycles. The minimum Gasteiger partial charge on any atom is -0.494 e. The van der Waals surface area contributed by atoms with E-state index in [2.05, 4.69) is 6.92 Å². The predicted octanol–water partition coefficient (Wildman–Crippen LogP) is 2.34. The molecule has 1 amide bonds. The van der Waals surface area contributed by atoms with Gasteiger partial charge < -0.3 is 15.4 Å². The van der Waals surface area contributed by atoms with Crippen LogP contribution < -0.4 is 10.5 Å². The van der Waals surface area contributed by atoms with Crippen LogP contribution in [0.1, 0.15) is 38.3 Å². The number of nitrogens with two attached hydrogens (primary N) is 1. The fourth-order valence-electron chi connectivity index (χ4n) is 2.62. The maximum atomic E-state index is 11.9. The Morgan fingerprint density at radius 3 is 2.60 bits per heavy atom. The summed E-state index contributed by atoms with van der Waals surface area (Å²) in [5, 5.41) is 0. The summed E-state index contributed by atoms with van der Waals surface area (Å²) < 4.78 is 5.41. The first-order chi connectivity index (χ1) is 9.63. The molecule has 0 spiro atoms. The summed E-state index contributed by atoms with van der Waals surface area (Å²) >= 11 is 0. The summed E-state index contributed by atoms with van der Waals surface area (Å²) in [6.07, 6.45) is 1.73. The third-order valence-electron chi connectivity index (χ3n) is 3.91. The van der Waals surface area contributed by atoms with Crippen molar-refractivity contribution in [3.63, 3.8) is 0 Å². The second kappa shape index (κ2) is 6.75. The van der Waals surface area contributed by atoms with Gasteiger partial charge in [-0.25, -0.2) is 0 Å². The molecule has 0 radical (unpaired) electrons. The summed E-state index contributed by atoms with van der Waals surface area (Å²) in [7, 11) is 0. The number of carbonyl (C=O) groups is 1. The van der Waals surface area contributed by atoms with Crippen LogP contribution >= 0.6 is 0 Å². The van der Waals surface area contributed by atoms with Gasteiger partial charge in [0.2, 0.25) is 5.91 Å². The first-order valence-electron chi connectivity index (χ1n) is 7.40. The highest BCUT2D eigenvalue weighted by molar-refractivity contribution is 5.78. The van der Waals surface area contributed by atoms with Gasteiger partial charge in [-0.05, 0) is 30.5 Å². The Morgan fingerprint density at radius 2 is 2.05 bits per heavy atom. The smallest absolute Gasteiger partial charge is 0.222 e. The lowest BCUT2D eigenvalue weighted by molar-refractivity contribution is -0.127. The average Bonchev–Trinajstić information content (AvgIpc) is 2.80. The maximum absolute atomic E-state index is 11.9. The van der Waals surface area contributed by atoms with Crippen molar-refractivity contribution in [1.29, 1.82) is 0 Å². The topological polar surface area (TPSA) is 55.6 Å². The number of ether oxygens (including phenoxy) is 1. The molecule has 4 nitrogen and oxygen atoms in total. The van der Waals surface area contributed by atoms with Crippen molar-refractivity contribution in [1.82, 2.24) is 4.90 Å². The van der Waals surface area contributed by atoms with Crippen LogP contribution in [0.4, 0.5) is 0 Å². The van der Waals surface area contributed by atoms with E-state index in [1.165, 1.54) is 0 Å². The summed E-state index contributed by atoms with van der Waals surface area (Å²) in [6.45, 7) is 6.20. The average molecular weight is 276 g/mol. The Labute approximate surface area is 120 Å². The van der Waals surface area contributed by atoms with Crippen LogP contribution in [0.15, 0.2) is 24.3 Å². The molecule has 1 saturated heterocycles. The van der Waals surface area contributed by atoms with Crippen molar-refractivity contribution in [2.45, 2.75) is 32.7 Å². The van der Waals surface area contributed by atoms with Crippen molar-refractivity contribution < 1.29 is 9.53 Å².